The van der Waals surface area contributed by atoms with Crippen molar-refractivity contribution in [3.8, 4) is 0 Å². The molecule has 1 fully saturated rings. The number of aromatic nitrogens is 1. The zero-order chi connectivity index (χ0) is 20.7. The Hall–Kier alpha value is -2.24. The topological polar surface area (TPSA) is 80.0 Å². The summed E-state index contributed by atoms with van der Waals surface area (Å²) in [7, 11) is 0. The third kappa shape index (κ3) is 5.22. The number of rotatable bonds is 9. The van der Waals surface area contributed by atoms with Crippen LogP contribution in [0.4, 0.5) is 0 Å². The summed E-state index contributed by atoms with van der Waals surface area (Å²) in [5, 5.41) is 7.04. The summed E-state index contributed by atoms with van der Waals surface area (Å²) in [6.45, 7) is 7.14. The van der Waals surface area contributed by atoms with Gasteiger partial charge >= 0.3 is 0 Å². The minimum Gasteiger partial charge on any atom is -0.368 e. The van der Waals surface area contributed by atoms with Gasteiger partial charge in [0.1, 0.15) is 5.54 Å². The van der Waals surface area contributed by atoms with Gasteiger partial charge in [0.2, 0.25) is 5.91 Å². The fraction of sp³-hybridized carbons (Fsp3) is 0.500. The number of hydrogen-bond donors (Lipinski definition) is 3. The van der Waals surface area contributed by atoms with Gasteiger partial charge in [-0.15, -0.1) is 0 Å². The van der Waals surface area contributed by atoms with Crippen LogP contribution in [-0.2, 0) is 16.8 Å². The standard InChI is InChI=1S/C24H34N4O/c1-18-4-3-5-22(19(18)2)24(23(25)29,12-6-20-7-13-26-14-8-20)28-17-11-21-9-15-27-16-10-21/h3-5,7-8,13-14,21,27-28H,6,9-12,15-17H2,1-2H3,(H2,25,29). The van der Waals surface area contributed by atoms with Gasteiger partial charge in [0, 0.05) is 12.4 Å². The van der Waals surface area contributed by atoms with Crippen molar-refractivity contribution in [1.29, 1.82) is 0 Å². The van der Waals surface area contributed by atoms with Crippen LogP contribution in [0.25, 0.3) is 0 Å². The highest BCUT2D eigenvalue weighted by atomic mass is 16.1. The molecule has 2 heterocycles. The number of nitrogens with two attached hydrogens (primary N) is 1. The maximum atomic E-state index is 12.9. The predicted octanol–water partition coefficient (Wildman–Crippen LogP) is 2.99. The summed E-state index contributed by atoms with van der Waals surface area (Å²) in [4.78, 5) is 17.0. The maximum Gasteiger partial charge on any atom is 0.242 e. The molecule has 0 bridgehead atoms. The van der Waals surface area contributed by atoms with E-state index in [4.69, 9.17) is 5.73 Å². The lowest BCUT2D eigenvalue weighted by Gasteiger charge is -2.35. The molecule has 3 rings (SSSR count). The number of amides is 1. The lowest BCUT2D eigenvalue weighted by Crippen LogP contribution is -2.54. The van der Waals surface area contributed by atoms with E-state index in [0.717, 1.165) is 49.2 Å². The summed E-state index contributed by atoms with van der Waals surface area (Å²) in [5.74, 6) is 0.402. The summed E-state index contributed by atoms with van der Waals surface area (Å²) in [5.41, 5.74) is 9.69. The van der Waals surface area contributed by atoms with Gasteiger partial charge in [-0.3, -0.25) is 15.1 Å². The lowest BCUT2D eigenvalue weighted by molar-refractivity contribution is -0.125. The predicted molar refractivity (Wildman–Crippen MR) is 118 cm³/mol. The molecule has 1 amide bonds. The number of pyridine rings is 1. The normalized spacial score (nSPS) is 17.0. The fourth-order valence-electron chi connectivity index (χ4n) is 4.42. The van der Waals surface area contributed by atoms with Crippen LogP contribution in [0.2, 0.25) is 0 Å². The lowest BCUT2D eigenvalue weighted by atomic mass is 9.80. The molecule has 4 N–H and O–H groups in total. The van der Waals surface area contributed by atoms with Crippen molar-refractivity contribution in [2.24, 2.45) is 11.7 Å². The molecule has 1 aromatic heterocycles. The van der Waals surface area contributed by atoms with Gasteiger partial charge in [-0.2, -0.15) is 0 Å². The van der Waals surface area contributed by atoms with Gasteiger partial charge in [0.25, 0.3) is 0 Å². The minimum absolute atomic E-state index is 0.300. The van der Waals surface area contributed by atoms with E-state index in [-0.39, 0.29) is 5.91 Å². The van der Waals surface area contributed by atoms with E-state index in [2.05, 4.69) is 41.6 Å². The van der Waals surface area contributed by atoms with Crippen molar-refractivity contribution in [3.05, 3.63) is 65.0 Å². The Morgan fingerprint density at radius 3 is 2.62 bits per heavy atom. The SMILES string of the molecule is Cc1cccc(C(CCc2ccncc2)(NCCC2CCNCC2)C(N)=O)c1C. The minimum atomic E-state index is -0.869. The van der Waals surface area contributed by atoms with Crippen molar-refractivity contribution in [1.82, 2.24) is 15.6 Å². The largest absolute Gasteiger partial charge is 0.368 e. The number of primary amides is 1. The van der Waals surface area contributed by atoms with Crippen LogP contribution in [0.1, 0.15) is 47.9 Å². The maximum absolute atomic E-state index is 12.9. The molecule has 5 heteroatoms. The van der Waals surface area contributed by atoms with Crippen LogP contribution in [0, 0.1) is 19.8 Å². The number of nitrogens with one attached hydrogen (secondary N) is 2. The molecular weight excluding hydrogens is 360 g/mol. The van der Waals surface area contributed by atoms with Crippen molar-refractivity contribution in [2.75, 3.05) is 19.6 Å². The third-order valence-corrected chi connectivity index (χ3v) is 6.46. The molecule has 0 radical (unpaired) electrons. The second kappa shape index (κ2) is 9.99. The first kappa shape index (κ1) is 21.5. The van der Waals surface area contributed by atoms with E-state index in [1.165, 1.54) is 18.4 Å². The van der Waals surface area contributed by atoms with E-state index in [9.17, 15) is 4.79 Å². The Bertz CT molecular complexity index is 802. The zero-order valence-electron chi connectivity index (χ0n) is 17.7. The van der Waals surface area contributed by atoms with Gasteiger partial charge in [-0.1, -0.05) is 18.2 Å². The number of hydrogen-bond acceptors (Lipinski definition) is 4. The van der Waals surface area contributed by atoms with E-state index >= 15 is 0 Å². The van der Waals surface area contributed by atoms with Crippen molar-refractivity contribution >= 4 is 5.91 Å². The van der Waals surface area contributed by atoms with Gasteiger partial charge in [-0.05, 0) is 106 Å². The summed E-state index contributed by atoms with van der Waals surface area (Å²) < 4.78 is 0. The zero-order valence-corrected chi connectivity index (χ0v) is 17.7. The van der Waals surface area contributed by atoms with Crippen LogP contribution in [-0.4, -0.2) is 30.5 Å². The molecule has 1 aliphatic rings. The monoisotopic (exact) mass is 394 g/mol. The molecule has 1 aliphatic heterocycles. The number of carbonyl (C=O) groups excluding carboxylic acids is 1. The highest BCUT2D eigenvalue weighted by Crippen LogP contribution is 2.31. The van der Waals surface area contributed by atoms with Crippen molar-refractivity contribution in [2.45, 2.75) is 51.5 Å². The number of aryl methyl sites for hydroxylation is 2. The molecule has 156 valence electrons. The Labute approximate surface area is 174 Å². The van der Waals surface area contributed by atoms with E-state index in [1.54, 1.807) is 12.4 Å². The molecule has 0 saturated carbocycles. The smallest absolute Gasteiger partial charge is 0.242 e. The van der Waals surface area contributed by atoms with Gasteiger partial charge < -0.3 is 11.1 Å². The second-order valence-corrected chi connectivity index (χ2v) is 8.28. The Kier molecular flexibility index (Phi) is 7.40. The highest BCUT2D eigenvalue weighted by molar-refractivity contribution is 5.86. The van der Waals surface area contributed by atoms with E-state index in [1.807, 2.05) is 18.2 Å². The number of piperidine rings is 1. The molecule has 0 aliphatic carbocycles. The van der Waals surface area contributed by atoms with Gasteiger partial charge in [-0.25, -0.2) is 0 Å². The molecule has 1 atom stereocenters. The second-order valence-electron chi connectivity index (χ2n) is 8.28. The summed E-state index contributed by atoms with van der Waals surface area (Å²) in [6, 6.07) is 10.2. The first-order valence-electron chi connectivity index (χ1n) is 10.7. The quantitative estimate of drug-likeness (QED) is 0.611. The summed E-state index contributed by atoms with van der Waals surface area (Å²) in [6.07, 6.45) is 8.45. The molecule has 0 spiro atoms. The molecular formula is C24H34N4O. The molecule has 1 aromatic carbocycles. The van der Waals surface area contributed by atoms with Crippen molar-refractivity contribution < 1.29 is 4.79 Å². The van der Waals surface area contributed by atoms with E-state index in [0.29, 0.717) is 12.3 Å². The first-order valence-corrected chi connectivity index (χ1v) is 10.7. The molecule has 5 nitrogen and oxygen atoms in total. The average Bonchev–Trinajstić information content (AvgIpc) is 2.74. The Morgan fingerprint density at radius 1 is 1.21 bits per heavy atom. The Balaban J connectivity index is 1.84. The van der Waals surface area contributed by atoms with Gasteiger partial charge in [0.05, 0.1) is 0 Å². The third-order valence-electron chi connectivity index (χ3n) is 6.46. The van der Waals surface area contributed by atoms with Crippen LogP contribution in [0.3, 0.4) is 0 Å². The molecule has 1 saturated heterocycles. The number of carbonyl (C=O) groups is 1. The van der Waals surface area contributed by atoms with E-state index < -0.39 is 5.54 Å². The first-order chi connectivity index (χ1) is 14.0. The number of benzene rings is 1. The highest BCUT2D eigenvalue weighted by Gasteiger charge is 2.39. The van der Waals surface area contributed by atoms with Crippen LogP contribution >= 0.6 is 0 Å². The Morgan fingerprint density at radius 2 is 1.93 bits per heavy atom. The van der Waals surface area contributed by atoms with Crippen LogP contribution in [0.5, 0.6) is 0 Å². The van der Waals surface area contributed by atoms with Crippen LogP contribution in [0.15, 0.2) is 42.7 Å². The van der Waals surface area contributed by atoms with Gasteiger partial charge in [0.15, 0.2) is 0 Å². The average molecular weight is 395 g/mol. The number of nitrogens with zero attached hydrogens (tertiary/aromatic N) is 1. The molecule has 2 aromatic rings. The molecule has 1 unspecified atom stereocenters. The molecule has 29 heavy (non-hydrogen) atoms. The summed E-state index contributed by atoms with van der Waals surface area (Å²) >= 11 is 0. The fourth-order valence-corrected chi connectivity index (χ4v) is 4.42. The van der Waals surface area contributed by atoms with Crippen LogP contribution < -0.4 is 16.4 Å². The van der Waals surface area contributed by atoms with Crippen molar-refractivity contribution in [3.63, 3.8) is 0 Å².